The van der Waals surface area contributed by atoms with E-state index in [1.807, 2.05) is 0 Å². The molecule has 0 aliphatic rings. The lowest BCUT2D eigenvalue weighted by atomic mass is 10.1. The number of hydrogen-bond donors (Lipinski definition) is 1. The fraction of sp³-hybridized carbons (Fsp3) is 0. The molecule has 4 rings (SSSR count). The Labute approximate surface area is 143 Å². The van der Waals surface area contributed by atoms with E-state index in [1.165, 1.54) is 29.5 Å². The zero-order chi connectivity index (χ0) is 17.6. The maximum Gasteiger partial charge on any atom is 0.260 e. The van der Waals surface area contributed by atoms with E-state index in [4.69, 9.17) is 0 Å². The van der Waals surface area contributed by atoms with E-state index in [-0.39, 0.29) is 17.2 Å². The van der Waals surface area contributed by atoms with Crippen molar-refractivity contribution in [2.75, 3.05) is 0 Å². The summed E-state index contributed by atoms with van der Waals surface area (Å²) in [7, 11) is 0. The molecule has 0 unspecified atom stereocenters. The van der Waals surface area contributed by atoms with Crippen LogP contribution in [-0.2, 0) is 0 Å². The summed E-state index contributed by atoms with van der Waals surface area (Å²) in [6, 6.07) is 9.14. The second-order valence-electron chi connectivity index (χ2n) is 5.35. The molecule has 0 saturated carbocycles. The second kappa shape index (κ2) is 5.86. The number of H-pyrrole nitrogens is 1. The Kier molecular flexibility index (Phi) is 3.65. The van der Waals surface area contributed by atoms with Crippen LogP contribution in [0.4, 0.5) is 13.2 Å². The van der Waals surface area contributed by atoms with Gasteiger partial charge in [-0.15, -0.1) is 11.3 Å². The fourth-order valence-electron chi connectivity index (χ4n) is 2.63. The van der Waals surface area contributed by atoms with E-state index >= 15 is 0 Å². The Morgan fingerprint density at radius 1 is 0.960 bits per heavy atom. The molecule has 0 bridgehead atoms. The SMILES string of the molecule is O=c1[nH]c(-c2c(F)cccc2F)nc2scc(-c3ccc(F)cc3)c12. The molecule has 0 fully saturated rings. The molecule has 0 spiro atoms. The molecule has 0 aliphatic carbocycles. The van der Waals surface area contributed by atoms with Crippen LogP contribution in [0.2, 0.25) is 0 Å². The zero-order valence-electron chi connectivity index (χ0n) is 12.5. The van der Waals surface area contributed by atoms with Crippen LogP contribution >= 0.6 is 11.3 Å². The quantitative estimate of drug-likeness (QED) is 0.563. The summed E-state index contributed by atoms with van der Waals surface area (Å²) in [6.07, 6.45) is 0. The van der Waals surface area contributed by atoms with Crippen molar-refractivity contribution in [3.63, 3.8) is 0 Å². The molecule has 4 aromatic rings. The normalized spacial score (nSPS) is 11.2. The molecule has 2 aromatic carbocycles. The van der Waals surface area contributed by atoms with Gasteiger partial charge < -0.3 is 4.98 Å². The lowest BCUT2D eigenvalue weighted by molar-refractivity contribution is 0.587. The van der Waals surface area contributed by atoms with E-state index in [2.05, 4.69) is 9.97 Å². The Hall–Kier alpha value is -2.93. The molecule has 7 heteroatoms. The molecule has 0 saturated heterocycles. The first-order valence-corrected chi connectivity index (χ1v) is 8.14. The van der Waals surface area contributed by atoms with Gasteiger partial charge in [0.2, 0.25) is 0 Å². The maximum atomic E-state index is 13.9. The van der Waals surface area contributed by atoms with E-state index in [0.29, 0.717) is 21.3 Å². The predicted octanol–water partition coefficient (Wildman–Crippen LogP) is 4.74. The van der Waals surface area contributed by atoms with Crippen LogP contribution in [0.3, 0.4) is 0 Å². The van der Waals surface area contributed by atoms with E-state index in [0.717, 1.165) is 12.1 Å². The summed E-state index contributed by atoms with van der Waals surface area (Å²) < 4.78 is 41.0. The van der Waals surface area contributed by atoms with Crippen molar-refractivity contribution in [3.8, 4) is 22.5 Å². The number of benzene rings is 2. The van der Waals surface area contributed by atoms with Gasteiger partial charge >= 0.3 is 0 Å². The summed E-state index contributed by atoms with van der Waals surface area (Å²) in [5, 5.41) is 2.01. The van der Waals surface area contributed by atoms with Crippen LogP contribution in [0, 0.1) is 17.5 Å². The minimum Gasteiger partial charge on any atom is -0.306 e. The van der Waals surface area contributed by atoms with Gasteiger partial charge in [-0.05, 0) is 29.8 Å². The number of aromatic amines is 1. The summed E-state index contributed by atoms with van der Waals surface area (Å²) in [5.74, 6) is -2.16. The predicted molar refractivity (Wildman–Crippen MR) is 91.0 cm³/mol. The molecule has 3 nitrogen and oxygen atoms in total. The summed E-state index contributed by atoms with van der Waals surface area (Å²) >= 11 is 1.18. The third-order valence-electron chi connectivity index (χ3n) is 3.80. The molecule has 0 amide bonds. The van der Waals surface area contributed by atoms with Gasteiger partial charge in [0.15, 0.2) is 0 Å². The van der Waals surface area contributed by atoms with Crippen LogP contribution in [0.5, 0.6) is 0 Å². The van der Waals surface area contributed by atoms with Crippen molar-refractivity contribution < 1.29 is 13.2 Å². The lowest BCUT2D eigenvalue weighted by Gasteiger charge is -2.05. The Bertz CT molecular complexity index is 1130. The first-order chi connectivity index (χ1) is 12.0. The average molecular weight is 358 g/mol. The van der Waals surface area contributed by atoms with Gasteiger partial charge in [0, 0.05) is 10.9 Å². The van der Waals surface area contributed by atoms with E-state index in [1.54, 1.807) is 17.5 Å². The number of halogens is 3. The Morgan fingerprint density at radius 3 is 2.32 bits per heavy atom. The van der Waals surface area contributed by atoms with E-state index < -0.39 is 17.2 Å². The van der Waals surface area contributed by atoms with Crippen molar-refractivity contribution in [3.05, 3.63) is 75.7 Å². The van der Waals surface area contributed by atoms with E-state index in [9.17, 15) is 18.0 Å². The molecule has 0 atom stereocenters. The molecule has 2 aromatic heterocycles. The summed E-state index contributed by atoms with van der Waals surface area (Å²) in [4.78, 5) is 19.5. The first-order valence-electron chi connectivity index (χ1n) is 7.26. The van der Waals surface area contributed by atoms with Crippen molar-refractivity contribution in [1.82, 2.24) is 9.97 Å². The summed E-state index contributed by atoms with van der Waals surface area (Å²) in [5.41, 5.74) is 0.362. The number of nitrogens with zero attached hydrogens (tertiary/aromatic N) is 1. The lowest BCUT2D eigenvalue weighted by Crippen LogP contribution is -2.10. The highest BCUT2D eigenvalue weighted by molar-refractivity contribution is 7.17. The fourth-order valence-corrected chi connectivity index (χ4v) is 3.58. The van der Waals surface area contributed by atoms with Crippen molar-refractivity contribution >= 4 is 21.6 Å². The highest BCUT2D eigenvalue weighted by Gasteiger charge is 2.18. The van der Waals surface area contributed by atoms with Crippen LogP contribution in [0.1, 0.15) is 0 Å². The first kappa shape index (κ1) is 15.6. The minimum absolute atomic E-state index is 0.166. The summed E-state index contributed by atoms with van der Waals surface area (Å²) in [6.45, 7) is 0. The average Bonchev–Trinajstić information content (AvgIpc) is 3.00. The van der Waals surface area contributed by atoms with Crippen LogP contribution < -0.4 is 5.56 Å². The van der Waals surface area contributed by atoms with Gasteiger partial charge in [-0.3, -0.25) is 4.79 Å². The smallest absolute Gasteiger partial charge is 0.260 e. The molecular formula is C18H9F3N2OS. The monoisotopic (exact) mass is 358 g/mol. The van der Waals surface area contributed by atoms with Gasteiger partial charge in [0.25, 0.3) is 5.56 Å². The topological polar surface area (TPSA) is 45.8 Å². The number of hydrogen-bond acceptors (Lipinski definition) is 3. The van der Waals surface area contributed by atoms with Crippen LogP contribution in [0.15, 0.2) is 52.6 Å². The molecular weight excluding hydrogens is 349 g/mol. The Balaban J connectivity index is 1.94. The Morgan fingerprint density at radius 2 is 1.64 bits per heavy atom. The molecule has 124 valence electrons. The third kappa shape index (κ3) is 2.62. The zero-order valence-corrected chi connectivity index (χ0v) is 13.3. The number of fused-ring (bicyclic) bond motifs is 1. The standard InChI is InChI=1S/C18H9F3N2OS/c19-10-6-4-9(5-7-10)11-8-25-18-14(11)17(24)22-16(23-18)15-12(20)2-1-3-13(15)21/h1-8H,(H,22,23,24). The number of thiophene rings is 1. The third-order valence-corrected chi connectivity index (χ3v) is 4.67. The van der Waals surface area contributed by atoms with Gasteiger partial charge in [-0.2, -0.15) is 0 Å². The number of aromatic nitrogens is 2. The van der Waals surface area contributed by atoms with Gasteiger partial charge in [0.1, 0.15) is 28.1 Å². The molecule has 25 heavy (non-hydrogen) atoms. The number of rotatable bonds is 2. The highest BCUT2D eigenvalue weighted by atomic mass is 32.1. The van der Waals surface area contributed by atoms with Crippen molar-refractivity contribution in [2.45, 2.75) is 0 Å². The van der Waals surface area contributed by atoms with Crippen LogP contribution in [0.25, 0.3) is 32.7 Å². The molecule has 2 heterocycles. The van der Waals surface area contributed by atoms with Gasteiger partial charge in [-0.1, -0.05) is 18.2 Å². The van der Waals surface area contributed by atoms with Gasteiger partial charge in [-0.25, -0.2) is 18.2 Å². The minimum atomic E-state index is -0.808. The van der Waals surface area contributed by atoms with Crippen molar-refractivity contribution in [1.29, 1.82) is 0 Å². The molecule has 0 aliphatic heterocycles. The number of nitrogens with one attached hydrogen (secondary N) is 1. The maximum absolute atomic E-state index is 13.9. The molecule has 0 radical (unpaired) electrons. The van der Waals surface area contributed by atoms with Crippen LogP contribution in [-0.4, -0.2) is 9.97 Å². The molecule has 1 N–H and O–H groups in total. The van der Waals surface area contributed by atoms with Gasteiger partial charge in [0.05, 0.1) is 10.9 Å². The van der Waals surface area contributed by atoms with Crippen molar-refractivity contribution in [2.24, 2.45) is 0 Å². The highest BCUT2D eigenvalue weighted by Crippen LogP contribution is 2.32. The second-order valence-corrected chi connectivity index (χ2v) is 6.21. The largest absolute Gasteiger partial charge is 0.306 e.